The molecular formula is C13H17ClO2. The van der Waals surface area contributed by atoms with Gasteiger partial charge in [-0.1, -0.05) is 23.7 Å². The smallest absolute Gasteiger partial charge is 0.158 e. The molecule has 0 amide bonds. The first-order valence-electron chi connectivity index (χ1n) is 5.78. The quantitative estimate of drug-likeness (QED) is 0.797. The van der Waals surface area contributed by atoms with Crippen molar-refractivity contribution in [3.05, 3.63) is 34.9 Å². The van der Waals surface area contributed by atoms with Gasteiger partial charge < -0.3 is 9.47 Å². The third-order valence-electron chi connectivity index (χ3n) is 2.81. The Bertz CT molecular complexity index is 334. The topological polar surface area (TPSA) is 18.5 Å². The summed E-state index contributed by atoms with van der Waals surface area (Å²) in [6.07, 6.45) is 3.30. The maximum absolute atomic E-state index is 5.94. The standard InChI is InChI=1S/C13H17ClO2/c1-10(11-5-4-6-12(14)9-11)16-13-7-2-3-8-15-13/h4-6,9-10,13H,2-3,7-8H2,1H3/t10-,13?/m1/s1. The molecule has 0 saturated carbocycles. The molecule has 1 aromatic rings. The minimum atomic E-state index is -0.0530. The third-order valence-corrected chi connectivity index (χ3v) is 3.05. The van der Waals surface area contributed by atoms with Gasteiger partial charge in [0.1, 0.15) is 0 Å². The molecule has 16 heavy (non-hydrogen) atoms. The van der Waals surface area contributed by atoms with Gasteiger partial charge in [-0.15, -0.1) is 0 Å². The van der Waals surface area contributed by atoms with E-state index in [0.29, 0.717) is 0 Å². The van der Waals surface area contributed by atoms with Crippen LogP contribution in [0, 0.1) is 0 Å². The highest BCUT2D eigenvalue weighted by atomic mass is 35.5. The second-order valence-electron chi connectivity index (χ2n) is 4.13. The lowest BCUT2D eigenvalue weighted by Gasteiger charge is -2.26. The number of hydrogen-bond acceptors (Lipinski definition) is 2. The monoisotopic (exact) mass is 240 g/mol. The average molecular weight is 241 g/mol. The summed E-state index contributed by atoms with van der Waals surface area (Å²) in [4.78, 5) is 0. The molecule has 2 rings (SSSR count). The van der Waals surface area contributed by atoms with Crippen molar-refractivity contribution in [3.8, 4) is 0 Å². The van der Waals surface area contributed by atoms with E-state index in [-0.39, 0.29) is 12.4 Å². The first-order chi connectivity index (χ1) is 7.75. The first kappa shape index (κ1) is 11.9. The second-order valence-corrected chi connectivity index (χ2v) is 4.57. The van der Waals surface area contributed by atoms with Gasteiger partial charge in [-0.3, -0.25) is 0 Å². The highest BCUT2D eigenvalue weighted by Crippen LogP contribution is 2.25. The van der Waals surface area contributed by atoms with E-state index in [1.54, 1.807) is 0 Å². The van der Waals surface area contributed by atoms with E-state index >= 15 is 0 Å². The van der Waals surface area contributed by atoms with Crippen LogP contribution < -0.4 is 0 Å². The lowest BCUT2D eigenvalue weighted by atomic mass is 10.1. The van der Waals surface area contributed by atoms with Gasteiger partial charge in [0.2, 0.25) is 0 Å². The number of halogens is 1. The fraction of sp³-hybridized carbons (Fsp3) is 0.538. The first-order valence-corrected chi connectivity index (χ1v) is 6.16. The van der Waals surface area contributed by atoms with Gasteiger partial charge in [0.25, 0.3) is 0 Å². The van der Waals surface area contributed by atoms with E-state index in [1.165, 1.54) is 6.42 Å². The number of ether oxygens (including phenoxy) is 2. The number of rotatable bonds is 3. The Hall–Kier alpha value is -0.570. The van der Waals surface area contributed by atoms with Crippen molar-refractivity contribution in [1.82, 2.24) is 0 Å². The summed E-state index contributed by atoms with van der Waals surface area (Å²) in [6.45, 7) is 2.84. The van der Waals surface area contributed by atoms with Crippen molar-refractivity contribution in [3.63, 3.8) is 0 Å². The molecule has 1 heterocycles. The molecule has 1 aliphatic heterocycles. The van der Waals surface area contributed by atoms with Crippen LogP contribution in [0.4, 0.5) is 0 Å². The van der Waals surface area contributed by atoms with Crippen molar-refractivity contribution < 1.29 is 9.47 Å². The van der Waals surface area contributed by atoms with Gasteiger partial charge in [-0.25, -0.2) is 0 Å². The van der Waals surface area contributed by atoms with E-state index in [9.17, 15) is 0 Å². The average Bonchev–Trinajstić information content (AvgIpc) is 2.30. The Morgan fingerprint density at radius 3 is 3.00 bits per heavy atom. The van der Waals surface area contributed by atoms with E-state index in [2.05, 4.69) is 0 Å². The van der Waals surface area contributed by atoms with Crippen LogP contribution in [0.25, 0.3) is 0 Å². The van der Waals surface area contributed by atoms with Crippen LogP contribution in [0.15, 0.2) is 24.3 Å². The Labute approximate surface area is 102 Å². The summed E-state index contributed by atoms with van der Waals surface area (Å²) in [6, 6.07) is 7.78. The van der Waals surface area contributed by atoms with Crippen LogP contribution in [-0.4, -0.2) is 12.9 Å². The van der Waals surface area contributed by atoms with Crippen LogP contribution in [0.3, 0.4) is 0 Å². The van der Waals surface area contributed by atoms with E-state index in [0.717, 1.165) is 30.0 Å². The van der Waals surface area contributed by atoms with Crippen molar-refractivity contribution in [2.45, 2.75) is 38.6 Å². The Morgan fingerprint density at radius 2 is 2.31 bits per heavy atom. The predicted octanol–water partition coefficient (Wildman–Crippen LogP) is 3.94. The fourth-order valence-electron chi connectivity index (χ4n) is 1.88. The van der Waals surface area contributed by atoms with E-state index in [4.69, 9.17) is 21.1 Å². The van der Waals surface area contributed by atoms with Crippen LogP contribution in [0.1, 0.15) is 37.9 Å². The van der Waals surface area contributed by atoms with Gasteiger partial charge >= 0.3 is 0 Å². The van der Waals surface area contributed by atoms with Crippen molar-refractivity contribution in [2.75, 3.05) is 6.61 Å². The zero-order valence-corrected chi connectivity index (χ0v) is 10.2. The molecule has 2 atom stereocenters. The molecular weight excluding hydrogens is 224 g/mol. The molecule has 0 aromatic heterocycles. The maximum atomic E-state index is 5.94. The summed E-state index contributed by atoms with van der Waals surface area (Å²) < 4.78 is 11.4. The molecule has 1 unspecified atom stereocenters. The summed E-state index contributed by atoms with van der Waals surface area (Å²) >= 11 is 5.94. The molecule has 0 radical (unpaired) electrons. The fourth-order valence-corrected chi connectivity index (χ4v) is 2.08. The van der Waals surface area contributed by atoms with Crippen molar-refractivity contribution in [1.29, 1.82) is 0 Å². The molecule has 0 N–H and O–H groups in total. The SMILES string of the molecule is C[C@@H](OC1CCCCO1)c1cccc(Cl)c1. The molecule has 1 aromatic carbocycles. The van der Waals surface area contributed by atoms with Crippen LogP contribution in [0.2, 0.25) is 5.02 Å². The molecule has 3 heteroatoms. The molecule has 1 saturated heterocycles. The lowest BCUT2D eigenvalue weighted by Crippen LogP contribution is -2.23. The minimum Gasteiger partial charge on any atom is -0.353 e. The molecule has 88 valence electrons. The molecule has 0 spiro atoms. The molecule has 1 aliphatic rings. The zero-order chi connectivity index (χ0) is 11.4. The largest absolute Gasteiger partial charge is 0.353 e. The minimum absolute atomic E-state index is 0.0294. The highest BCUT2D eigenvalue weighted by Gasteiger charge is 2.18. The van der Waals surface area contributed by atoms with Crippen molar-refractivity contribution in [2.24, 2.45) is 0 Å². The van der Waals surface area contributed by atoms with E-state index in [1.807, 2.05) is 31.2 Å². The van der Waals surface area contributed by atoms with Crippen LogP contribution in [0.5, 0.6) is 0 Å². The lowest BCUT2D eigenvalue weighted by molar-refractivity contribution is -0.186. The van der Waals surface area contributed by atoms with Crippen LogP contribution >= 0.6 is 11.6 Å². The third kappa shape index (κ3) is 3.21. The van der Waals surface area contributed by atoms with Crippen molar-refractivity contribution >= 4 is 11.6 Å². The summed E-state index contributed by atoms with van der Waals surface area (Å²) in [5, 5.41) is 0.748. The van der Waals surface area contributed by atoms with Gasteiger partial charge in [0.15, 0.2) is 6.29 Å². The maximum Gasteiger partial charge on any atom is 0.158 e. The number of benzene rings is 1. The highest BCUT2D eigenvalue weighted by molar-refractivity contribution is 6.30. The van der Waals surface area contributed by atoms with Crippen LogP contribution in [-0.2, 0) is 9.47 Å². The number of hydrogen-bond donors (Lipinski definition) is 0. The zero-order valence-electron chi connectivity index (χ0n) is 9.49. The Morgan fingerprint density at radius 1 is 1.44 bits per heavy atom. The van der Waals surface area contributed by atoms with Gasteiger partial charge in [-0.05, 0) is 43.9 Å². The predicted molar refractivity (Wildman–Crippen MR) is 64.5 cm³/mol. The van der Waals surface area contributed by atoms with E-state index < -0.39 is 0 Å². The Kier molecular flexibility index (Phi) is 4.22. The summed E-state index contributed by atoms with van der Waals surface area (Å²) in [7, 11) is 0. The Balaban J connectivity index is 1.94. The van der Waals surface area contributed by atoms with Gasteiger partial charge in [0, 0.05) is 11.6 Å². The summed E-state index contributed by atoms with van der Waals surface area (Å²) in [5.41, 5.74) is 1.10. The normalized spacial score (nSPS) is 23.0. The molecule has 1 fully saturated rings. The molecule has 0 bridgehead atoms. The second kappa shape index (κ2) is 5.67. The van der Waals surface area contributed by atoms with Gasteiger partial charge in [0.05, 0.1) is 6.10 Å². The molecule has 0 aliphatic carbocycles. The summed E-state index contributed by atoms with van der Waals surface area (Å²) in [5.74, 6) is 0. The molecule has 2 nitrogen and oxygen atoms in total. The van der Waals surface area contributed by atoms with Gasteiger partial charge in [-0.2, -0.15) is 0 Å².